The van der Waals surface area contributed by atoms with Crippen LogP contribution in [0.25, 0.3) is 0 Å². The van der Waals surface area contributed by atoms with Gasteiger partial charge in [-0.3, -0.25) is 13.7 Å². The third-order valence-corrected chi connectivity index (χ3v) is 2.60. The Labute approximate surface area is 94.2 Å². The Morgan fingerprint density at radius 2 is 1.67 bits per heavy atom. The van der Waals surface area contributed by atoms with Gasteiger partial charge in [0.1, 0.15) is 0 Å². The smallest absolute Gasteiger partial charge is 0.230 e. The van der Waals surface area contributed by atoms with E-state index < -0.39 is 17.2 Å². The molecule has 1 unspecified atom stereocenters. The molecule has 0 aromatic rings. The molecule has 0 aromatic carbocycles. The van der Waals surface area contributed by atoms with Gasteiger partial charge in [0.05, 0.1) is 0 Å². The Balaban J connectivity index is 3.16. The number of carbonyl (C=O) groups is 1. The molecule has 15 heavy (non-hydrogen) atoms. The second-order valence-corrected chi connectivity index (χ2v) is 4.30. The molecule has 0 spiro atoms. The maximum Gasteiger partial charge on any atom is 0.230 e. The van der Waals surface area contributed by atoms with Crippen LogP contribution < -0.4 is 4.72 Å². The van der Waals surface area contributed by atoms with Crippen LogP contribution in [0.4, 0.5) is 0 Å². The van der Waals surface area contributed by atoms with Gasteiger partial charge >= 0.3 is 0 Å². The first-order chi connectivity index (χ1) is 7.16. The summed E-state index contributed by atoms with van der Waals surface area (Å²) in [5.74, 6) is -0.406. The topological polar surface area (TPSA) is 69.2 Å². The van der Waals surface area contributed by atoms with Crippen molar-refractivity contribution in [2.24, 2.45) is 0 Å². The standard InChI is InChI=1S/C10H21NO3S/c1-2-3-4-5-6-7-8-9-10(12)11-15(13)14/h2-9H2,1H3,(H,11,12)(H,13,14)/p-1. The van der Waals surface area contributed by atoms with Crippen molar-refractivity contribution >= 4 is 17.2 Å². The van der Waals surface area contributed by atoms with Gasteiger partial charge < -0.3 is 4.55 Å². The fourth-order valence-corrected chi connectivity index (χ4v) is 1.67. The zero-order chi connectivity index (χ0) is 11.5. The quantitative estimate of drug-likeness (QED) is 0.490. The van der Waals surface area contributed by atoms with Crippen LogP contribution in [0.15, 0.2) is 0 Å². The van der Waals surface area contributed by atoms with Crippen molar-refractivity contribution in [3.05, 3.63) is 0 Å². The molecule has 0 heterocycles. The van der Waals surface area contributed by atoms with E-state index in [1.807, 2.05) is 4.72 Å². The average molecular weight is 234 g/mol. The first-order valence-electron chi connectivity index (χ1n) is 5.55. The molecule has 4 nitrogen and oxygen atoms in total. The lowest BCUT2D eigenvalue weighted by Gasteiger charge is -2.06. The minimum absolute atomic E-state index is 0.307. The number of hydrogen-bond acceptors (Lipinski definition) is 3. The molecule has 0 fully saturated rings. The van der Waals surface area contributed by atoms with E-state index in [0.717, 1.165) is 19.3 Å². The highest BCUT2D eigenvalue weighted by atomic mass is 32.2. The first-order valence-corrected chi connectivity index (χ1v) is 6.63. The maximum absolute atomic E-state index is 10.9. The fraction of sp³-hybridized carbons (Fsp3) is 0.900. The minimum Gasteiger partial charge on any atom is -0.755 e. The van der Waals surface area contributed by atoms with Crippen LogP contribution >= 0.6 is 0 Å². The Morgan fingerprint density at radius 3 is 2.20 bits per heavy atom. The van der Waals surface area contributed by atoms with Gasteiger partial charge in [-0.1, -0.05) is 45.4 Å². The summed E-state index contributed by atoms with van der Waals surface area (Å²) in [4.78, 5) is 10.9. The Kier molecular flexibility index (Phi) is 9.83. The van der Waals surface area contributed by atoms with Crippen LogP contribution in [-0.4, -0.2) is 14.7 Å². The summed E-state index contributed by atoms with van der Waals surface area (Å²) in [6.07, 6.45) is 8.19. The van der Waals surface area contributed by atoms with E-state index in [9.17, 15) is 13.6 Å². The molecule has 0 saturated heterocycles. The van der Waals surface area contributed by atoms with Crippen molar-refractivity contribution in [1.82, 2.24) is 4.72 Å². The van der Waals surface area contributed by atoms with Gasteiger partial charge in [0.15, 0.2) is 0 Å². The SMILES string of the molecule is CCCCCCCCCC(=O)NS(=O)[O-]. The van der Waals surface area contributed by atoms with Gasteiger partial charge in [-0.15, -0.1) is 0 Å². The van der Waals surface area contributed by atoms with Gasteiger partial charge in [0, 0.05) is 17.7 Å². The van der Waals surface area contributed by atoms with Crippen LogP contribution in [0.3, 0.4) is 0 Å². The van der Waals surface area contributed by atoms with Crippen LogP contribution in [0.5, 0.6) is 0 Å². The monoisotopic (exact) mass is 234 g/mol. The van der Waals surface area contributed by atoms with Crippen molar-refractivity contribution in [3.8, 4) is 0 Å². The summed E-state index contributed by atoms with van der Waals surface area (Å²) in [6.45, 7) is 2.17. The summed E-state index contributed by atoms with van der Waals surface area (Å²) >= 11 is -2.46. The highest BCUT2D eigenvalue weighted by Gasteiger charge is 1.99. The van der Waals surface area contributed by atoms with E-state index in [0.29, 0.717) is 6.42 Å². The van der Waals surface area contributed by atoms with Crippen LogP contribution in [0, 0.1) is 0 Å². The first kappa shape index (κ1) is 14.6. The summed E-state index contributed by atoms with van der Waals surface area (Å²) in [5, 5.41) is 0. The van der Waals surface area contributed by atoms with E-state index in [2.05, 4.69) is 6.92 Å². The van der Waals surface area contributed by atoms with Gasteiger partial charge in [0.2, 0.25) is 5.91 Å². The van der Waals surface area contributed by atoms with Gasteiger partial charge in [-0.25, -0.2) is 0 Å². The number of carbonyl (C=O) groups excluding carboxylic acids is 1. The molecule has 0 radical (unpaired) electrons. The van der Waals surface area contributed by atoms with Crippen LogP contribution in [0.1, 0.15) is 58.3 Å². The normalized spacial score (nSPS) is 12.4. The second kappa shape index (κ2) is 10.1. The highest BCUT2D eigenvalue weighted by Crippen LogP contribution is 2.08. The van der Waals surface area contributed by atoms with E-state index in [1.54, 1.807) is 0 Å². The third-order valence-electron chi connectivity index (χ3n) is 2.20. The summed E-state index contributed by atoms with van der Waals surface area (Å²) in [7, 11) is 0. The second-order valence-electron chi connectivity index (χ2n) is 3.63. The third kappa shape index (κ3) is 11.5. The summed E-state index contributed by atoms with van der Waals surface area (Å²) < 4.78 is 22.0. The minimum atomic E-state index is -2.46. The van der Waals surface area contributed by atoms with E-state index in [-0.39, 0.29) is 0 Å². The van der Waals surface area contributed by atoms with Gasteiger partial charge in [0.25, 0.3) is 0 Å². The van der Waals surface area contributed by atoms with Crippen molar-refractivity contribution in [3.63, 3.8) is 0 Å². The molecule has 0 saturated carbocycles. The Hall–Kier alpha value is -0.420. The lowest BCUT2D eigenvalue weighted by atomic mass is 10.1. The number of amides is 1. The summed E-state index contributed by atoms with van der Waals surface area (Å²) in [5.41, 5.74) is 0. The molecule has 0 aromatic heterocycles. The van der Waals surface area contributed by atoms with Crippen molar-refractivity contribution < 1.29 is 13.6 Å². The van der Waals surface area contributed by atoms with E-state index in [4.69, 9.17) is 0 Å². The van der Waals surface area contributed by atoms with Crippen LogP contribution in [0.2, 0.25) is 0 Å². The number of rotatable bonds is 9. The fourth-order valence-electron chi connectivity index (χ4n) is 1.39. The predicted octanol–water partition coefficient (Wildman–Crippen LogP) is 2.04. The zero-order valence-corrected chi connectivity index (χ0v) is 10.1. The highest BCUT2D eigenvalue weighted by molar-refractivity contribution is 7.77. The van der Waals surface area contributed by atoms with Crippen molar-refractivity contribution in [2.45, 2.75) is 58.3 Å². The zero-order valence-electron chi connectivity index (χ0n) is 9.29. The molecule has 0 rings (SSSR count). The largest absolute Gasteiger partial charge is 0.755 e. The predicted molar refractivity (Wildman–Crippen MR) is 59.7 cm³/mol. The van der Waals surface area contributed by atoms with E-state index >= 15 is 0 Å². The molecule has 5 heteroatoms. The molecule has 0 bridgehead atoms. The Bertz CT molecular complexity index is 197. The van der Waals surface area contributed by atoms with E-state index in [1.165, 1.54) is 25.7 Å². The molecule has 0 aliphatic carbocycles. The molecular formula is C10H20NO3S-. The lowest BCUT2D eigenvalue weighted by Crippen LogP contribution is -2.24. The number of unbranched alkanes of at least 4 members (excludes halogenated alkanes) is 6. The molecule has 1 amide bonds. The molecule has 0 aliphatic rings. The molecule has 1 N–H and O–H groups in total. The van der Waals surface area contributed by atoms with Crippen LogP contribution in [-0.2, 0) is 16.1 Å². The molecule has 90 valence electrons. The lowest BCUT2D eigenvalue weighted by molar-refractivity contribution is -0.119. The molecular weight excluding hydrogens is 214 g/mol. The number of nitrogens with one attached hydrogen (secondary N) is 1. The summed E-state index contributed by atoms with van der Waals surface area (Å²) in [6, 6.07) is 0. The van der Waals surface area contributed by atoms with Gasteiger partial charge in [-0.2, -0.15) is 0 Å². The van der Waals surface area contributed by atoms with Crippen molar-refractivity contribution in [2.75, 3.05) is 0 Å². The average Bonchev–Trinajstić information content (AvgIpc) is 2.15. The molecule has 1 atom stereocenters. The van der Waals surface area contributed by atoms with Gasteiger partial charge in [-0.05, 0) is 6.42 Å². The maximum atomic E-state index is 10.9. The number of hydrogen-bond donors (Lipinski definition) is 1. The molecule has 0 aliphatic heterocycles. The Morgan fingerprint density at radius 1 is 1.13 bits per heavy atom. The van der Waals surface area contributed by atoms with Crippen molar-refractivity contribution in [1.29, 1.82) is 0 Å².